The Morgan fingerprint density at radius 2 is 2.04 bits per heavy atom. The fourth-order valence-electron chi connectivity index (χ4n) is 7.19. The zero-order chi connectivity index (χ0) is 19.4. The molecule has 27 heavy (non-hydrogen) atoms. The molecule has 0 aromatic heterocycles. The molecule has 0 bridgehead atoms. The van der Waals surface area contributed by atoms with Gasteiger partial charge in [0.15, 0.2) is 11.6 Å². The lowest BCUT2D eigenvalue weighted by molar-refractivity contribution is -0.130. The van der Waals surface area contributed by atoms with Gasteiger partial charge >= 0.3 is 0 Å². The van der Waals surface area contributed by atoms with Crippen LogP contribution >= 0.6 is 11.6 Å². The molecular formula is C23H31ClO3. The van der Waals surface area contributed by atoms with Crippen LogP contribution in [0.25, 0.3) is 0 Å². The molecule has 148 valence electrons. The average Bonchev–Trinajstić information content (AvgIpc) is 2.79. The normalized spacial score (nSPS) is 46.6. The number of hydrogen-bond acceptors (Lipinski definition) is 3. The minimum Gasteiger partial charge on any atom is -0.393 e. The Kier molecular flexibility index (Phi) is 4.91. The van der Waals surface area contributed by atoms with Crippen molar-refractivity contribution < 1.29 is 14.7 Å². The Bertz CT molecular complexity index is 710. The summed E-state index contributed by atoms with van der Waals surface area (Å²) in [5.74, 6) is 1.54. The standard InChI is InChI=1S/C23H31ClO3/c1-22-11-14(20(27)13-24)4-3-5-18(22)17-7-6-15-10-16(25)8-9-23(15,2)21(17)19(26)12-22/h8-10,14,17-19,21,26H,3-7,11-13H2,1-2H3/t14-,17-,18?,19?,21?,22-,23-/m0/s1. The zero-order valence-electron chi connectivity index (χ0n) is 16.4. The molecule has 4 heteroatoms. The topological polar surface area (TPSA) is 54.4 Å². The van der Waals surface area contributed by atoms with Crippen molar-refractivity contribution in [2.45, 2.75) is 64.9 Å². The first kappa shape index (κ1) is 19.4. The van der Waals surface area contributed by atoms with E-state index in [0.717, 1.165) is 44.9 Å². The third kappa shape index (κ3) is 3.06. The van der Waals surface area contributed by atoms with Gasteiger partial charge in [-0.15, -0.1) is 11.6 Å². The van der Waals surface area contributed by atoms with Crippen LogP contribution in [0, 0.1) is 34.5 Å². The number of halogens is 1. The fraction of sp³-hybridized carbons (Fsp3) is 0.739. The van der Waals surface area contributed by atoms with Crippen molar-refractivity contribution in [3.05, 3.63) is 23.8 Å². The lowest BCUT2D eigenvalue weighted by atomic mass is 9.46. The molecule has 3 fully saturated rings. The number of carbonyl (C=O) groups excluding carboxylic acids is 2. The summed E-state index contributed by atoms with van der Waals surface area (Å²) in [5.41, 5.74) is 0.979. The molecule has 3 nitrogen and oxygen atoms in total. The second-order valence-electron chi connectivity index (χ2n) is 9.88. The molecule has 7 atom stereocenters. The minimum absolute atomic E-state index is 0.00472. The van der Waals surface area contributed by atoms with E-state index in [4.69, 9.17) is 11.6 Å². The Balaban J connectivity index is 1.67. The van der Waals surface area contributed by atoms with E-state index in [-0.39, 0.29) is 40.1 Å². The van der Waals surface area contributed by atoms with E-state index in [0.29, 0.717) is 11.8 Å². The van der Waals surface area contributed by atoms with Crippen LogP contribution in [0.2, 0.25) is 0 Å². The maximum absolute atomic E-state index is 12.3. The van der Waals surface area contributed by atoms with Gasteiger partial charge < -0.3 is 5.11 Å². The highest BCUT2D eigenvalue weighted by Crippen LogP contribution is 2.63. The van der Waals surface area contributed by atoms with Gasteiger partial charge in [0, 0.05) is 17.3 Å². The van der Waals surface area contributed by atoms with Crippen LogP contribution in [0.15, 0.2) is 23.8 Å². The van der Waals surface area contributed by atoms with E-state index >= 15 is 0 Å². The van der Waals surface area contributed by atoms with Crippen molar-refractivity contribution in [3.8, 4) is 0 Å². The first-order valence-electron chi connectivity index (χ1n) is 10.5. The SMILES string of the molecule is C[C@]12CC(O)C3[C@@H](CCC4=CC(=O)C=C[C@@]43C)C1CCC[C@H](C(=O)CCl)C2. The molecule has 0 aromatic rings. The van der Waals surface area contributed by atoms with Gasteiger partial charge in [0.2, 0.25) is 0 Å². The first-order valence-corrected chi connectivity index (χ1v) is 11.0. The van der Waals surface area contributed by atoms with E-state index in [1.54, 1.807) is 12.2 Å². The van der Waals surface area contributed by atoms with E-state index < -0.39 is 6.10 Å². The van der Waals surface area contributed by atoms with Crippen LogP contribution in [0.3, 0.4) is 0 Å². The predicted molar refractivity (Wildman–Crippen MR) is 106 cm³/mol. The molecule has 1 N–H and O–H groups in total. The van der Waals surface area contributed by atoms with E-state index in [1.807, 2.05) is 0 Å². The number of aliphatic hydroxyl groups excluding tert-OH is 1. The van der Waals surface area contributed by atoms with Crippen LogP contribution in [-0.4, -0.2) is 28.7 Å². The van der Waals surface area contributed by atoms with Crippen molar-refractivity contribution in [1.82, 2.24) is 0 Å². The van der Waals surface area contributed by atoms with Gasteiger partial charge in [-0.2, -0.15) is 0 Å². The quantitative estimate of drug-likeness (QED) is 0.707. The number of carbonyl (C=O) groups is 2. The molecule has 3 unspecified atom stereocenters. The number of aliphatic hydroxyl groups is 1. The minimum atomic E-state index is -0.396. The summed E-state index contributed by atoms with van der Waals surface area (Å²) in [6.07, 6.45) is 11.9. The van der Waals surface area contributed by atoms with Crippen LogP contribution in [-0.2, 0) is 9.59 Å². The smallest absolute Gasteiger partial charge is 0.178 e. The molecule has 3 saturated carbocycles. The van der Waals surface area contributed by atoms with E-state index in [9.17, 15) is 14.7 Å². The molecule has 4 rings (SSSR count). The Hall–Kier alpha value is -0.930. The van der Waals surface area contributed by atoms with Gasteiger partial charge in [0.05, 0.1) is 12.0 Å². The molecular weight excluding hydrogens is 360 g/mol. The number of fused-ring (bicyclic) bond motifs is 5. The summed E-state index contributed by atoms with van der Waals surface area (Å²) < 4.78 is 0. The monoisotopic (exact) mass is 390 g/mol. The van der Waals surface area contributed by atoms with Gasteiger partial charge in [-0.25, -0.2) is 0 Å². The van der Waals surface area contributed by atoms with Crippen LogP contribution in [0.4, 0.5) is 0 Å². The lowest BCUT2D eigenvalue weighted by Crippen LogP contribution is -2.56. The predicted octanol–water partition coefficient (Wildman–Crippen LogP) is 4.47. The van der Waals surface area contributed by atoms with Gasteiger partial charge in [0.1, 0.15) is 0 Å². The van der Waals surface area contributed by atoms with Gasteiger partial charge in [0.25, 0.3) is 0 Å². The molecule has 0 aromatic carbocycles. The second-order valence-corrected chi connectivity index (χ2v) is 10.1. The van der Waals surface area contributed by atoms with Crippen LogP contribution < -0.4 is 0 Å². The summed E-state index contributed by atoms with van der Waals surface area (Å²) in [6.45, 7) is 4.51. The number of allylic oxidation sites excluding steroid dienone is 4. The van der Waals surface area contributed by atoms with Crippen LogP contribution in [0.5, 0.6) is 0 Å². The third-order valence-electron chi connectivity index (χ3n) is 8.37. The highest BCUT2D eigenvalue weighted by molar-refractivity contribution is 6.27. The summed E-state index contributed by atoms with van der Waals surface area (Å²) in [5, 5.41) is 11.3. The molecule has 0 spiro atoms. The van der Waals surface area contributed by atoms with Crippen molar-refractivity contribution in [2.75, 3.05) is 5.88 Å². The van der Waals surface area contributed by atoms with Crippen molar-refractivity contribution in [1.29, 1.82) is 0 Å². The molecule has 0 saturated heterocycles. The maximum Gasteiger partial charge on any atom is 0.178 e. The molecule has 4 aliphatic rings. The number of alkyl halides is 1. The number of Topliss-reactive ketones (excluding diaryl/α,β-unsaturated/α-hetero) is 1. The first-order chi connectivity index (χ1) is 12.8. The van der Waals surface area contributed by atoms with Gasteiger partial charge in [-0.1, -0.05) is 31.9 Å². The number of rotatable bonds is 2. The van der Waals surface area contributed by atoms with E-state index in [2.05, 4.69) is 19.9 Å². The zero-order valence-corrected chi connectivity index (χ0v) is 17.2. The van der Waals surface area contributed by atoms with Crippen molar-refractivity contribution in [2.24, 2.45) is 34.5 Å². The Labute approximate surface area is 167 Å². The highest BCUT2D eigenvalue weighted by atomic mass is 35.5. The second kappa shape index (κ2) is 6.84. The summed E-state index contributed by atoms with van der Waals surface area (Å²) in [7, 11) is 0. The molecule has 0 heterocycles. The molecule has 4 aliphatic carbocycles. The van der Waals surface area contributed by atoms with Crippen molar-refractivity contribution >= 4 is 23.2 Å². The molecule has 0 radical (unpaired) electrons. The van der Waals surface area contributed by atoms with Gasteiger partial charge in [-0.05, 0) is 67.9 Å². The largest absolute Gasteiger partial charge is 0.393 e. The van der Waals surface area contributed by atoms with Crippen LogP contribution in [0.1, 0.15) is 58.8 Å². The molecule has 0 amide bonds. The number of ketones is 2. The van der Waals surface area contributed by atoms with Crippen molar-refractivity contribution in [3.63, 3.8) is 0 Å². The number of hydrogen-bond donors (Lipinski definition) is 1. The maximum atomic E-state index is 12.3. The highest BCUT2D eigenvalue weighted by Gasteiger charge is 2.58. The van der Waals surface area contributed by atoms with E-state index in [1.165, 1.54) is 5.57 Å². The lowest BCUT2D eigenvalue weighted by Gasteiger charge is -2.59. The summed E-state index contributed by atoms with van der Waals surface area (Å²) >= 11 is 5.86. The Morgan fingerprint density at radius 3 is 2.78 bits per heavy atom. The summed E-state index contributed by atoms with van der Waals surface area (Å²) in [6, 6.07) is 0. The molecule has 0 aliphatic heterocycles. The third-order valence-corrected chi connectivity index (χ3v) is 8.64. The average molecular weight is 391 g/mol. The fourth-order valence-corrected chi connectivity index (χ4v) is 7.41. The van der Waals surface area contributed by atoms with Gasteiger partial charge in [-0.3, -0.25) is 9.59 Å². The Morgan fingerprint density at radius 1 is 1.26 bits per heavy atom. The summed E-state index contributed by atoms with van der Waals surface area (Å²) in [4.78, 5) is 24.2.